The first-order valence-corrected chi connectivity index (χ1v) is 16.9. The minimum atomic E-state index is 0.0317. The van der Waals surface area contributed by atoms with Gasteiger partial charge in [0.1, 0.15) is 6.10 Å². The Hall–Kier alpha value is -1.05. The molecule has 2 fully saturated rings. The largest absolute Gasteiger partial charge is 0.462 e. The number of esters is 1. The van der Waals surface area contributed by atoms with E-state index in [0.717, 1.165) is 31.1 Å². The van der Waals surface area contributed by atoms with Crippen molar-refractivity contribution in [3.63, 3.8) is 0 Å². The van der Waals surface area contributed by atoms with Crippen molar-refractivity contribution in [3.8, 4) is 0 Å². The highest BCUT2D eigenvalue weighted by Crippen LogP contribution is 2.72. The van der Waals surface area contributed by atoms with E-state index in [4.69, 9.17) is 4.74 Å². The average Bonchev–Trinajstić information content (AvgIpc) is 3.15. The Bertz CT molecular complexity index is 950. The van der Waals surface area contributed by atoms with E-state index in [9.17, 15) is 4.79 Å². The van der Waals surface area contributed by atoms with E-state index in [2.05, 4.69) is 68.4 Å². The van der Waals surface area contributed by atoms with Crippen LogP contribution in [0.5, 0.6) is 0 Å². The second-order valence-corrected chi connectivity index (χ2v) is 15.8. The van der Waals surface area contributed by atoms with E-state index < -0.39 is 0 Å². The highest BCUT2D eigenvalue weighted by atomic mass is 16.5. The van der Waals surface area contributed by atoms with Gasteiger partial charge in [-0.15, -0.1) is 0 Å². The quantitative estimate of drug-likeness (QED) is 0.157. The highest BCUT2D eigenvalue weighted by Gasteiger charge is 2.63. The number of carbonyl (C=O) groups excluding carboxylic acids is 1. The zero-order valence-electron chi connectivity index (χ0n) is 27.3. The van der Waals surface area contributed by atoms with Crippen LogP contribution in [0.15, 0.2) is 22.8 Å². The second-order valence-electron chi connectivity index (χ2n) is 15.8. The fourth-order valence-electron chi connectivity index (χ4n) is 10.6. The maximum atomic E-state index is 12.8. The van der Waals surface area contributed by atoms with Gasteiger partial charge in [-0.2, -0.15) is 0 Å². The molecule has 0 aromatic heterocycles. The third kappa shape index (κ3) is 5.46. The van der Waals surface area contributed by atoms with Crippen molar-refractivity contribution >= 4 is 5.97 Å². The fraction of sp³-hybridized carbons (Fsp3) is 0.865. The molecule has 2 heteroatoms. The van der Waals surface area contributed by atoms with Crippen LogP contribution in [0.4, 0.5) is 0 Å². The van der Waals surface area contributed by atoms with Crippen molar-refractivity contribution in [1.82, 2.24) is 0 Å². The summed E-state index contributed by atoms with van der Waals surface area (Å²) in [6.45, 7) is 22.0. The first kappa shape index (κ1) is 30.9. The van der Waals surface area contributed by atoms with Crippen molar-refractivity contribution in [2.45, 2.75) is 165 Å². The molecule has 4 aliphatic rings. The lowest BCUT2D eigenvalue weighted by Gasteiger charge is -2.62. The molecular formula is C37H62O2. The molecule has 0 radical (unpaired) electrons. The summed E-state index contributed by atoms with van der Waals surface area (Å²) >= 11 is 0. The average molecular weight is 539 g/mol. The van der Waals surface area contributed by atoms with Gasteiger partial charge >= 0.3 is 5.97 Å². The molecule has 0 bridgehead atoms. The van der Waals surface area contributed by atoms with E-state index in [1.54, 1.807) is 0 Å². The normalized spacial score (nSPS) is 37.9. The van der Waals surface area contributed by atoms with E-state index in [1.165, 1.54) is 76.2 Å². The summed E-state index contributed by atoms with van der Waals surface area (Å²) in [6.07, 6.45) is 20.4. The molecule has 7 atom stereocenters. The van der Waals surface area contributed by atoms with Crippen LogP contribution in [0.3, 0.4) is 0 Å². The van der Waals surface area contributed by atoms with Crippen LogP contribution in [-0.4, -0.2) is 12.1 Å². The molecule has 0 aliphatic heterocycles. The Kier molecular flexibility index (Phi) is 9.25. The standard InChI is InChI=1S/C37H62O2/c1-10-11-12-13-17-33(38)39-32-22-23-35(7)29-21-25-36(8)28(27(4)16-14-15-26(2)3)20-24-37(36,9)30(29)18-19-31(35)34(32,5)6/h15,27-28,31-32H,10-14,16-25H2,1-9H3/t27-,28-,31?,32?,35-,36-,37+/m1/s1. The Labute approximate surface area is 242 Å². The minimum Gasteiger partial charge on any atom is -0.462 e. The van der Waals surface area contributed by atoms with Gasteiger partial charge in [-0.05, 0) is 118 Å². The van der Waals surface area contributed by atoms with Crippen LogP contribution in [0.25, 0.3) is 0 Å². The molecule has 39 heavy (non-hydrogen) atoms. The van der Waals surface area contributed by atoms with Gasteiger partial charge in [0.05, 0.1) is 0 Å². The Morgan fingerprint density at radius 1 is 0.949 bits per heavy atom. The number of ether oxygens (including phenoxy) is 1. The summed E-state index contributed by atoms with van der Waals surface area (Å²) in [4.78, 5) is 12.8. The molecule has 2 nitrogen and oxygen atoms in total. The molecule has 0 aromatic carbocycles. The third-order valence-electron chi connectivity index (χ3n) is 13.1. The highest BCUT2D eigenvalue weighted by molar-refractivity contribution is 5.69. The molecule has 0 heterocycles. The van der Waals surface area contributed by atoms with Gasteiger partial charge < -0.3 is 4.74 Å². The maximum Gasteiger partial charge on any atom is 0.306 e. The van der Waals surface area contributed by atoms with Crippen LogP contribution >= 0.6 is 0 Å². The van der Waals surface area contributed by atoms with Gasteiger partial charge in [-0.1, -0.05) is 90.5 Å². The molecular weight excluding hydrogens is 476 g/mol. The number of fused-ring (bicyclic) bond motifs is 4. The number of carbonyl (C=O) groups is 1. The predicted molar refractivity (Wildman–Crippen MR) is 166 cm³/mol. The monoisotopic (exact) mass is 538 g/mol. The summed E-state index contributed by atoms with van der Waals surface area (Å²) in [5.41, 5.74) is 6.25. The van der Waals surface area contributed by atoms with Crippen LogP contribution in [0.2, 0.25) is 0 Å². The summed E-state index contributed by atoms with van der Waals surface area (Å²) < 4.78 is 6.25. The summed E-state index contributed by atoms with van der Waals surface area (Å²) in [6, 6.07) is 0. The van der Waals surface area contributed by atoms with Gasteiger partial charge in [0.15, 0.2) is 0 Å². The first-order valence-electron chi connectivity index (χ1n) is 16.9. The van der Waals surface area contributed by atoms with Gasteiger partial charge in [0.25, 0.3) is 0 Å². The molecule has 4 aliphatic carbocycles. The molecule has 0 N–H and O–H groups in total. The number of allylic oxidation sites excluding steroid dienone is 4. The first-order chi connectivity index (χ1) is 18.3. The van der Waals surface area contributed by atoms with Crippen LogP contribution < -0.4 is 0 Å². The number of hydrogen-bond acceptors (Lipinski definition) is 2. The smallest absolute Gasteiger partial charge is 0.306 e. The molecule has 4 rings (SSSR count). The zero-order chi connectivity index (χ0) is 28.6. The molecule has 222 valence electrons. The van der Waals surface area contributed by atoms with Gasteiger partial charge in [0.2, 0.25) is 0 Å². The Morgan fingerprint density at radius 2 is 1.69 bits per heavy atom. The van der Waals surface area contributed by atoms with Gasteiger partial charge in [-0.3, -0.25) is 4.79 Å². The maximum absolute atomic E-state index is 12.8. The Balaban J connectivity index is 1.52. The topological polar surface area (TPSA) is 26.3 Å². The molecule has 0 spiro atoms. The van der Waals surface area contributed by atoms with Crippen molar-refractivity contribution < 1.29 is 9.53 Å². The van der Waals surface area contributed by atoms with Gasteiger partial charge in [0, 0.05) is 11.8 Å². The molecule has 0 amide bonds. The van der Waals surface area contributed by atoms with Crippen LogP contribution in [-0.2, 0) is 9.53 Å². The summed E-state index contributed by atoms with van der Waals surface area (Å²) in [7, 11) is 0. The van der Waals surface area contributed by atoms with Crippen LogP contribution in [0, 0.1) is 39.4 Å². The lowest BCUT2D eigenvalue weighted by Crippen LogP contribution is -2.55. The van der Waals surface area contributed by atoms with E-state index >= 15 is 0 Å². The molecule has 2 unspecified atom stereocenters. The van der Waals surface area contributed by atoms with Crippen molar-refractivity contribution in [1.29, 1.82) is 0 Å². The zero-order valence-corrected chi connectivity index (χ0v) is 27.3. The summed E-state index contributed by atoms with van der Waals surface area (Å²) in [5.74, 6) is 2.28. The number of rotatable bonds is 10. The minimum absolute atomic E-state index is 0.0317. The lowest BCUT2D eigenvalue weighted by molar-refractivity contribution is -0.170. The second kappa shape index (κ2) is 11.7. The summed E-state index contributed by atoms with van der Waals surface area (Å²) in [5, 5.41) is 0. The Morgan fingerprint density at radius 3 is 2.38 bits per heavy atom. The van der Waals surface area contributed by atoms with Crippen molar-refractivity contribution in [2.75, 3.05) is 0 Å². The molecule has 0 aromatic rings. The van der Waals surface area contributed by atoms with E-state index in [0.29, 0.717) is 23.2 Å². The predicted octanol–water partition coefficient (Wildman–Crippen LogP) is 11.0. The van der Waals surface area contributed by atoms with Gasteiger partial charge in [-0.25, -0.2) is 0 Å². The fourth-order valence-corrected chi connectivity index (χ4v) is 10.6. The SMILES string of the molecule is CCCCCCC(=O)OC1CC[C@]2(C)C3=C(CCC2C1(C)C)[C@]1(C)CC[C@H]([C@H](C)CCC=C(C)C)[C@@]1(C)CC3. The van der Waals surface area contributed by atoms with Crippen molar-refractivity contribution in [3.05, 3.63) is 22.8 Å². The van der Waals surface area contributed by atoms with Crippen LogP contribution in [0.1, 0.15) is 159 Å². The number of hydrogen-bond donors (Lipinski definition) is 0. The lowest BCUT2D eigenvalue weighted by atomic mass is 9.43. The molecule has 2 saturated carbocycles. The van der Waals surface area contributed by atoms with Crippen molar-refractivity contribution in [2.24, 2.45) is 39.4 Å². The molecule has 0 saturated heterocycles. The third-order valence-corrected chi connectivity index (χ3v) is 13.1. The number of unbranched alkanes of at least 4 members (excludes halogenated alkanes) is 3. The van der Waals surface area contributed by atoms with E-state index in [-0.39, 0.29) is 22.9 Å². The van der Waals surface area contributed by atoms with E-state index in [1.807, 2.05) is 11.1 Å².